The van der Waals surface area contributed by atoms with Gasteiger partial charge in [-0.15, -0.1) is 0 Å². The van der Waals surface area contributed by atoms with E-state index in [1.165, 1.54) is 12.1 Å². The van der Waals surface area contributed by atoms with Crippen molar-refractivity contribution in [3.8, 4) is 0 Å². The van der Waals surface area contributed by atoms with Crippen molar-refractivity contribution in [1.82, 2.24) is 0 Å². The first-order chi connectivity index (χ1) is 7.99. The van der Waals surface area contributed by atoms with Crippen LogP contribution in [-0.4, -0.2) is 11.8 Å². The van der Waals surface area contributed by atoms with E-state index in [-0.39, 0.29) is 23.4 Å². The van der Waals surface area contributed by atoms with E-state index in [0.717, 1.165) is 11.0 Å². The predicted octanol–water partition coefficient (Wildman–Crippen LogP) is 1.70. The summed E-state index contributed by atoms with van der Waals surface area (Å²) in [6.07, 6.45) is 0.645. The van der Waals surface area contributed by atoms with Crippen LogP contribution in [0.3, 0.4) is 0 Å². The van der Waals surface area contributed by atoms with Crippen LogP contribution in [-0.2, 0) is 9.59 Å². The number of carbonyl (C=O) groups excluding carboxylic acids is 2. The molecule has 2 rings (SSSR count). The van der Waals surface area contributed by atoms with Gasteiger partial charge in [0.05, 0.1) is 11.4 Å². The molecule has 4 nitrogen and oxygen atoms in total. The van der Waals surface area contributed by atoms with Gasteiger partial charge in [-0.2, -0.15) is 0 Å². The van der Waals surface area contributed by atoms with Crippen LogP contribution in [0.25, 0.3) is 0 Å². The van der Waals surface area contributed by atoms with Crippen molar-refractivity contribution < 1.29 is 14.0 Å². The smallest absolute Gasteiger partial charge is 0.234 e. The normalized spacial score (nSPS) is 17.6. The molecule has 0 spiro atoms. The highest BCUT2D eigenvalue weighted by Gasteiger charge is 2.31. The zero-order chi connectivity index (χ0) is 12.6. The highest BCUT2D eigenvalue weighted by atomic mass is 19.1. The fourth-order valence-electron chi connectivity index (χ4n) is 1.95. The molecule has 0 aromatic heterocycles. The average Bonchev–Trinajstić information content (AvgIpc) is 2.21. The molecule has 1 aromatic carbocycles. The zero-order valence-electron chi connectivity index (χ0n) is 9.44. The highest BCUT2D eigenvalue weighted by Crippen LogP contribution is 2.27. The number of nitrogens with two attached hydrogens (primary N) is 1. The quantitative estimate of drug-likeness (QED) is 0.596. The van der Waals surface area contributed by atoms with Crippen LogP contribution in [0.1, 0.15) is 19.8 Å². The Morgan fingerprint density at radius 2 is 1.88 bits per heavy atom. The van der Waals surface area contributed by atoms with Gasteiger partial charge in [-0.05, 0) is 24.1 Å². The summed E-state index contributed by atoms with van der Waals surface area (Å²) in [6, 6.07) is 3.85. The van der Waals surface area contributed by atoms with E-state index in [4.69, 9.17) is 5.73 Å². The van der Waals surface area contributed by atoms with Gasteiger partial charge in [0.15, 0.2) is 0 Å². The van der Waals surface area contributed by atoms with Crippen LogP contribution in [0.2, 0.25) is 0 Å². The van der Waals surface area contributed by atoms with E-state index < -0.39 is 5.82 Å². The van der Waals surface area contributed by atoms with Gasteiger partial charge in [-0.3, -0.25) is 14.5 Å². The van der Waals surface area contributed by atoms with Gasteiger partial charge in [0.1, 0.15) is 5.82 Å². The summed E-state index contributed by atoms with van der Waals surface area (Å²) in [5, 5.41) is 0. The number of amides is 2. The maximum atomic E-state index is 13.0. The molecular formula is C12H13FN2O2. The second-order valence-corrected chi connectivity index (χ2v) is 4.34. The van der Waals surface area contributed by atoms with Crippen molar-refractivity contribution in [3.63, 3.8) is 0 Å². The first-order valence-corrected chi connectivity index (χ1v) is 5.40. The van der Waals surface area contributed by atoms with E-state index in [1.54, 1.807) is 0 Å². The number of benzene rings is 1. The standard InChI is InChI=1S/C12H13FN2O2/c1-7-4-11(16)15(12(17)5-7)8-2-3-9(13)10(14)6-8/h2-3,6-7H,4-5,14H2,1H3. The fraction of sp³-hybridized carbons (Fsp3) is 0.333. The molecular weight excluding hydrogens is 223 g/mol. The van der Waals surface area contributed by atoms with Crippen LogP contribution in [0, 0.1) is 11.7 Å². The van der Waals surface area contributed by atoms with Crippen molar-refractivity contribution in [2.75, 3.05) is 10.6 Å². The molecule has 1 heterocycles. The molecule has 90 valence electrons. The topological polar surface area (TPSA) is 63.4 Å². The summed E-state index contributed by atoms with van der Waals surface area (Å²) < 4.78 is 13.0. The van der Waals surface area contributed by atoms with Crippen LogP contribution in [0.15, 0.2) is 18.2 Å². The molecule has 2 N–H and O–H groups in total. The summed E-state index contributed by atoms with van der Waals surface area (Å²) in [6.45, 7) is 1.85. The molecule has 0 radical (unpaired) electrons. The number of anilines is 2. The predicted molar refractivity (Wildman–Crippen MR) is 61.7 cm³/mol. The first kappa shape index (κ1) is 11.6. The van der Waals surface area contributed by atoms with E-state index in [0.29, 0.717) is 18.5 Å². The van der Waals surface area contributed by atoms with Gasteiger partial charge in [0.2, 0.25) is 11.8 Å². The second kappa shape index (κ2) is 4.16. The number of hydrogen-bond acceptors (Lipinski definition) is 3. The van der Waals surface area contributed by atoms with Crippen molar-refractivity contribution >= 4 is 23.2 Å². The van der Waals surface area contributed by atoms with E-state index >= 15 is 0 Å². The lowest BCUT2D eigenvalue weighted by atomic mass is 9.97. The minimum atomic E-state index is -0.556. The summed E-state index contributed by atoms with van der Waals surface area (Å²) >= 11 is 0. The third-order valence-corrected chi connectivity index (χ3v) is 2.78. The molecule has 1 aromatic rings. The monoisotopic (exact) mass is 236 g/mol. The van der Waals surface area contributed by atoms with Gasteiger partial charge in [-0.1, -0.05) is 6.92 Å². The number of imide groups is 1. The maximum absolute atomic E-state index is 13.0. The van der Waals surface area contributed by atoms with Crippen molar-refractivity contribution in [2.24, 2.45) is 5.92 Å². The summed E-state index contributed by atoms with van der Waals surface area (Å²) in [5.74, 6) is -1.03. The number of hydrogen-bond donors (Lipinski definition) is 1. The Morgan fingerprint density at radius 1 is 1.29 bits per heavy atom. The van der Waals surface area contributed by atoms with Crippen molar-refractivity contribution in [1.29, 1.82) is 0 Å². The minimum Gasteiger partial charge on any atom is -0.396 e. The third-order valence-electron chi connectivity index (χ3n) is 2.78. The van der Waals surface area contributed by atoms with Crippen molar-refractivity contribution in [3.05, 3.63) is 24.0 Å². The molecule has 17 heavy (non-hydrogen) atoms. The van der Waals surface area contributed by atoms with Crippen LogP contribution in [0.4, 0.5) is 15.8 Å². The third kappa shape index (κ3) is 2.13. The van der Waals surface area contributed by atoms with Gasteiger partial charge in [0.25, 0.3) is 0 Å². The Bertz CT molecular complexity index is 469. The molecule has 1 fully saturated rings. The second-order valence-electron chi connectivity index (χ2n) is 4.34. The van der Waals surface area contributed by atoms with E-state index in [9.17, 15) is 14.0 Å². The molecule has 1 aliphatic heterocycles. The van der Waals surface area contributed by atoms with Gasteiger partial charge in [-0.25, -0.2) is 4.39 Å². The Balaban J connectivity index is 2.35. The fourth-order valence-corrected chi connectivity index (χ4v) is 1.95. The molecule has 5 heteroatoms. The Labute approximate surface area is 98.2 Å². The summed E-state index contributed by atoms with van der Waals surface area (Å²) in [7, 11) is 0. The number of piperidine rings is 1. The van der Waals surface area contributed by atoms with E-state index in [2.05, 4.69) is 0 Å². The van der Waals surface area contributed by atoms with E-state index in [1.807, 2.05) is 6.92 Å². The first-order valence-electron chi connectivity index (χ1n) is 5.40. The summed E-state index contributed by atoms with van der Waals surface area (Å²) in [4.78, 5) is 24.6. The Hall–Kier alpha value is -1.91. The number of carbonyl (C=O) groups is 2. The van der Waals surface area contributed by atoms with Gasteiger partial charge in [0, 0.05) is 12.8 Å². The summed E-state index contributed by atoms with van der Waals surface area (Å²) in [5.41, 5.74) is 5.69. The maximum Gasteiger partial charge on any atom is 0.234 e. The zero-order valence-corrected chi connectivity index (χ0v) is 9.44. The lowest BCUT2D eigenvalue weighted by molar-refractivity contribution is -0.130. The Kier molecular flexibility index (Phi) is 2.83. The molecule has 1 aliphatic rings. The van der Waals surface area contributed by atoms with Gasteiger partial charge < -0.3 is 5.73 Å². The van der Waals surface area contributed by atoms with Crippen molar-refractivity contribution in [2.45, 2.75) is 19.8 Å². The number of rotatable bonds is 1. The van der Waals surface area contributed by atoms with Gasteiger partial charge >= 0.3 is 0 Å². The number of nitrogen functional groups attached to an aromatic ring is 1. The lowest BCUT2D eigenvalue weighted by Gasteiger charge is -2.28. The van der Waals surface area contributed by atoms with Crippen LogP contribution < -0.4 is 10.6 Å². The molecule has 2 amide bonds. The minimum absolute atomic E-state index is 0.0593. The number of halogens is 1. The number of nitrogens with zero attached hydrogens (tertiary/aromatic N) is 1. The highest BCUT2D eigenvalue weighted by molar-refractivity contribution is 6.16. The molecule has 0 unspecified atom stereocenters. The largest absolute Gasteiger partial charge is 0.396 e. The molecule has 0 atom stereocenters. The van der Waals surface area contributed by atoms with Crippen LogP contribution >= 0.6 is 0 Å². The molecule has 0 saturated carbocycles. The molecule has 1 saturated heterocycles. The van der Waals surface area contributed by atoms with Crippen LogP contribution in [0.5, 0.6) is 0 Å². The average molecular weight is 236 g/mol. The lowest BCUT2D eigenvalue weighted by Crippen LogP contribution is -2.42. The SMILES string of the molecule is CC1CC(=O)N(c2ccc(F)c(N)c2)C(=O)C1. The molecule has 0 bridgehead atoms. The Morgan fingerprint density at radius 3 is 2.41 bits per heavy atom. The molecule has 0 aliphatic carbocycles.